The molecule has 1 aliphatic rings. The molecule has 0 radical (unpaired) electrons. The second-order valence-electron chi connectivity index (χ2n) is 7.51. The highest BCUT2D eigenvalue weighted by Crippen LogP contribution is 2.29. The smallest absolute Gasteiger partial charge is 0.317 e. The van der Waals surface area contributed by atoms with Crippen molar-refractivity contribution in [2.24, 2.45) is 0 Å². The third-order valence-electron chi connectivity index (χ3n) is 3.88. The van der Waals surface area contributed by atoms with Crippen molar-refractivity contribution in [3.8, 4) is 5.75 Å². The zero-order valence-corrected chi connectivity index (χ0v) is 16.0. The summed E-state index contributed by atoms with van der Waals surface area (Å²) < 4.78 is 5.46. The Morgan fingerprint density at radius 2 is 1.88 bits per heavy atom. The van der Waals surface area contributed by atoms with Crippen LogP contribution >= 0.6 is 23.2 Å². The van der Waals surface area contributed by atoms with Gasteiger partial charge in [-0.25, -0.2) is 4.79 Å². The standard InChI is InChI=1S/C17H25Cl2N3O2/c1-16(2)8-12(9-17(3,4)22-16)21-15(23)20-10-24-14-6-5-11(18)7-13(14)19/h5-7,12,22H,8-10H2,1-4H3,(H2,20,21,23). The zero-order chi connectivity index (χ0) is 18.0. The molecule has 134 valence electrons. The monoisotopic (exact) mass is 373 g/mol. The molecule has 0 saturated carbocycles. The van der Waals surface area contributed by atoms with Gasteiger partial charge in [0.15, 0.2) is 6.73 Å². The summed E-state index contributed by atoms with van der Waals surface area (Å²) in [4.78, 5) is 12.1. The van der Waals surface area contributed by atoms with Crippen molar-refractivity contribution in [3.63, 3.8) is 0 Å². The van der Waals surface area contributed by atoms with Gasteiger partial charge in [-0.1, -0.05) is 23.2 Å². The molecule has 0 atom stereocenters. The minimum Gasteiger partial charge on any atom is -0.472 e. The van der Waals surface area contributed by atoms with Crippen molar-refractivity contribution in [1.29, 1.82) is 0 Å². The van der Waals surface area contributed by atoms with Gasteiger partial charge in [-0.15, -0.1) is 0 Å². The topological polar surface area (TPSA) is 62.4 Å². The van der Waals surface area contributed by atoms with Crippen LogP contribution in [0.1, 0.15) is 40.5 Å². The number of benzene rings is 1. The Hall–Kier alpha value is -1.17. The summed E-state index contributed by atoms with van der Waals surface area (Å²) >= 11 is 11.8. The van der Waals surface area contributed by atoms with Gasteiger partial charge < -0.3 is 20.7 Å². The fraction of sp³-hybridized carbons (Fsp3) is 0.588. The number of hydrogen-bond donors (Lipinski definition) is 3. The molecule has 3 N–H and O–H groups in total. The third kappa shape index (κ3) is 5.72. The van der Waals surface area contributed by atoms with Crippen molar-refractivity contribution in [1.82, 2.24) is 16.0 Å². The second kappa shape index (κ2) is 7.38. The molecule has 7 heteroatoms. The van der Waals surface area contributed by atoms with Gasteiger partial charge in [0.05, 0.1) is 5.02 Å². The molecule has 0 aliphatic carbocycles. The lowest BCUT2D eigenvalue weighted by atomic mass is 9.80. The third-order valence-corrected chi connectivity index (χ3v) is 4.41. The van der Waals surface area contributed by atoms with Crippen molar-refractivity contribution in [2.75, 3.05) is 6.73 Å². The molecule has 1 aromatic carbocycles. The summed E-state index contributed by atoms with van der Waals surface area (Å²) in [7, 11) is 0. The van der Waals surface area contributed by atoms with Gasteiger partial charge in [-0.05, 0) is 58.7 Å². The molecule has 1 saturated heterocycles. The summed E-state index contributed by atoms with van der Waals surface area (Å²) in [6, 6.07) is 4.80. The molecule has 24 heavy (non-hydrogen) atoms. The minimum absolute atomic E-state index is 0.0208. The number of ether oxygens (including phenoxy) is 1. The van der Waals surface area contributed by atoms with Crippen LogP contribution in [-0.4, -0.2) is 29.9 Å². The van der Waals surface area contributed by atoms with Gasteiger partial charge in [0.25, 0.3) is 0 Å². The highest BCUT2D eigenvalue weighted by Gasteiger charge is 2.38. The van der Waals surface area contributed by atoms with Crippen LogP contribution in [-0.2, 0) is 0 Å². The first-order valence-electron chi connectivity index (χ1n) is 7.98. The molecular weight excluding hydrogens is 349 g/mol. The summed E-state index contributed by atoms with van der Waals surface area (Å²) in [6.45, 7) is 8.61. The number of carbonyl (C=O) groups is 1. The Balaban J connectivity index is 1.81. The van der Waals surface area contributed by atoms with Gasteiger partial charge >= 0.3 is 6.03 Å². The SMILES string of the molecule is CC1(C)CC(NC(=O)NCOc2ccc(Cl)cc2Cl)CC(C)(C)N1. The lowest BCUT2D eigenvalue weighted by Crippen LogP contribution is -2.62. The lowest BCUT2D eigenvalue weighted by Gasteiger charge is -2.46. The van der Waals surface area contributed by atoms with Crippen molar-refractivity contribution in [2.45, 2.75) is 57.7 Å². The predicted octanol–water partition coefficient (Wildman–Crippen LogP) is 3.94. The van der Waals surface area contributed by atoms with Crippen molar-refractivity contribution in [3.05, 3.63) is 28.2 Å². The number of hydrogen-bond acceptors (Lipinski definition) is 3. The lowest BCUT2D eigenvalue weighted by molar-refractivity contribution is 0.146. The molecule has 0 aromatic heterocycles. The molecule has 1 fully saturated rings. The largest absolute Gasteiger partial charge is 0.472 e. The van der Waals surface area contributed by atoms with Crippen molar-refractivity contribution >= 4 is 29.2 Å². The van der Waals surface area contributed by atoms with E-state index in [1.165, 1.54) is 0 Å². The van der Waals surface area contributed by atoms with Crippen LogP contribution in [0.3, 0.4) is 0 Å². The molecule has 1 aromatic rings. The normalized spacial score (nSPS) is 19.6. The second-order valence-corrected chi connectivity index (χ2v) is 8.36. The highest BCUT2D eigenvalue weighted by molar-refractivity contribution is 6.35. The van der Waals surface area contributed by atoms with Crippen molar-refractivity contribution < 1.29 is 9.53 Å². The first-order valence-corrected chi connectivity index (χ1v) is 8.73. The maximum atomic E-state index is 12.1. The Labute approximate surface area is 153 Å². The summed E-state index contributed by atoms with van der Waals surface area (Å²) in [5.74, 6) is 0.477. The molecule has 0 bridgehead atoms. The van der Waals surface area contributed by atoms with Crippen LogP contribution in [0.4, 0.5) is 4.79 Å². The number of urea groups is 1. The number of piperidine rings is 1. The Morgan fingerprint density at radius 1 is 1.25 bits per heavy atom. The van der Waals surface area contributed by atoms with E-state index in [1.807, 2.05) is 0 Å². The van der Waals surface area contributed by atoms with Crippen LogP contribution in [0.2, 0.25) is 10.0 Å². The van der Waals surface area contributed by atoms with Gasteiger partial charge in [-0.2, -0.15) is 0 Å². The van der Waals surface area contributed by atoms with Crippen LogP contribution in [0.15, 0.2) is 18.2 Å². The average molecular weight is 374 g/mol. The molecule has 0 unspecified atom stereocenters. The van der Waals surface area contributed by atoms with Gasteiger partial charge in [0, 0.05) is 22.1 Å². The number of nitrogens with one attached hydrogen (secondary N) is 3. The van der Waals surface area contributed by atoms with E-state index in [4.69, 9.17) is 27.9 Å². The van der Waals surface area contributed by atoms with Crippen LogP contribution in [0.25, 0.3) is 0 Å². The van der Waals surface area contributed by atoms with Crippen LogP contribution in [0, 0.1) is 0 Å². The molecule has 1 aliphatic heterocycles. The molecule has 0 spiro atoms. The van der Waals surface area contributed by atoms with E-state index in [9.17, 15) is 4.79 Å². The Morgan fingerprint density at radius 3 is 2.46 bits per heavy atom. The maximum Gasteiger partial charge on any atom is 0.317 e. The predicted molar refractivity (Wildman–Crippen MR) is 97.9 cm³/mol. The van der Waals surface area contributed by atoms with Crippen LogP contribution < -0.4 is 20.7 Å². The van der Waals surface area contributed by atoms with Gasteiger partial charge in [0.2, 0.25) is 0 Å². The van der Waals surface area contributed by atoms with E-state index in [2.05, 4.69) is 43.6 Å². The van der Waals surface area contributed by atoms with E-state index < -0.39 is 0 Å². The maximum absolute atomic E-state index is 12.1. The van der Waals surface area contributed by atoms with E-state index in [-0.39, 0.29) is 29.9 Å². The number of rotatable bonds is 4. The quantitative estimate of drug-likeness (QED) is 0.700. The molecular formula is C17H25Cl2N3O2. The molecule has 5 nitrogen and oxygen atoms in total. The first-order chi connectivity index (χ1) is 11.1. The van der Waals surface area contributed by atoms with E-state index in [1.54, 1.807) is 18.2 Å². The minimum atomic E-state index is -0.251. The highest BCUT2D eigenvalue weighted by atomic mass is 35.5. The number of amides is 2. The number of carbonyl (C=O) groups excluding carboxylic acids is 1. The van der Waals surface area contributed by atoms with Gasteiger partial charge in [0.1, 0.15) is 5.75 Å². The van der Waals surface area contributed by atoms with E-state index in [0.717, 1.165) is 12.8 Å². The summed E-state index contributed by atoms with van der Waals surface area (Å²) in [5, 5.41) is 10.2. The fourth-order valence-electron chi connectivity index (χ4n) is 3.43. The fourth-order valence-corrected chi connectivity index (χ4v) is 3.90. The Kier molecular flexibility index (Phi) is 5.89. The van der Waals surface area contributed by atoms with E-state index in [0.29, 0.717) is 15.8 Å². The summed E-state index contributed by atoms with van der Waals surface area (Å²) in [5.41, 5.74) is -0.0416. The van der Waals surface area contributed by atoms with Gasteiger partial charge in [-0.3, -0.25) is 0 Å². The van der Waals surface area contributed by atoms with E-state index >= 15 is 0 Å². The first kappa shape index (κ1) is 19.2. The molecule has 2 rings (SSSR count). The Bertz CT molecular complexity index is 589. The average Bonchev–Trinajstić information content (AvgIpc) is 2.37. The number of halogens is 2. The summed E-state index contributed by atoms with van der Waals surface area (Å²) in [6.07, 6.45) is 1.74. The van der Waals surface area contributed by atoms with Crippen LogP contribution in [0.5, 0.6) is 5.75 Å². The molecule has 2 amide bonds. The zero-order valence-electron chi connectivity index (χ0n) is 14.5. The molecule has 1 heterocycles.